The quantitative estimate of drug-likeness (QED) is 0.221. The van der Waals surface area contributed by atoms with Crippen LogP contribution in [0.3, 0.4) is 0 Å². The second-order valence-corrected chi connectivity index (χ2v) is 10.8. The first-order valence-electron chi connectivity index (χ1n) is 12.0. The molecule has 3 aromatic carbocycles. The molecule has 0 unspecified atom stereocenters. The van der Waals surface area contributed by atoms with Gasteiger partial charge in [0.2, 0.25) is 0 Å². The fourth-order valence-electron chi connectivity index (χ4n) is 3.77. The van der Waals surface area contributed by atoms with Crippen LogP contribution in [0.4, 0.5) is 35.3 Å². The minimum Gasteiger partial charge on any atom is -0.307 e. The van der Waals surface area contributed by atoms with Crippen LogP contribution in [0.25, 0.3) is 0 Å². The lowest BCUT2D eigenvalue weighted by atomic mass is 9.87. The number of alkyl halides is 3. The van der Waals surface area contributed by atoms with E-state index in [0.717, 1.165) is 17.7 Å². The highest BCUT2D eigenvalue weighted by Crippen LogP contribution is 2.34. The van der Waals surface area contributed by atoms with Gasteiger partial charge in [-0.2, -0.15) is 18.4 Å². The summed E-state index contributed by atoms with van der Waals surface area (Å²) in [7, 11) is 0. The zero-order valence-corrected chi connectivity index (χ0v) is 23.3. The molecule has 0 saturated carbocycles. The molecular formula is C27H25BrF3N7O2. The number of hydrogen-bond acceptors (Lipinski definition) is 5. The average Bonchev–Trinajstić information content (AvgIpc) is 3.39. The van der Waals surface area contributed by atoms with Crippen LogP contribution in [0.1, 0.15) is 47.8 Å². The van der Waals surface area contributed by atoms with Crippen molar-refractivity contribution in [3.63, 3.8) is 0 Å². The number of H-pyrrole nitrogens is 1. The number of rotatable bonds is 6. The van der Waals surface area contributed by atoms with Gasteiger partial charge in [-0.15, -0.1) is 5.10 Å². The summed E-state index contributed by atoms with van der Waals surface area (Å²) < 4.78 is 40.2. The summed E-state index contributed by atoms with van der Waals surface area (Å²) in [5, 5.41) is 18.0. The van der Waals surface area contributed by atoms with E-state index in [1.165, 1.54) is 11.0 Å². The van der Waals surface area contributed by atoms with Crippen LogP contribution in [-0.2, 0) is 18.1 Å². The number of aromatic nitrogens is 4. The molecular weight excluding hydrogens is 591 g/mol. The Hall–Kier alpha value is -4.26. The minimum atomic E-state index is -4.58. The van der Waals surface area contributed by atoms with Crippen LogP contribution < -0.4 is 15.5 Å². The van der Waals surface area contributed by atoms with Crippen molar-refractivity contribution in [1.82, 2.24) is 20.6 Å². The Morgan fingerprint density at radius 2 is 1.60 bits per heavy atom. The summed E-state index contributed by atoms with van der Waals surface area (Å²) in [6.07, 6.45) is -4.58. The van der Waals surface area contributed by atoms with Crippen LogP contribution >= 0.6 is 15.9 Å². The highest BCUT2D eigenvalue weighted by Gasteiger charge is 2.31. The van der Waals surface area contributed by atoms with Gasteiger partial charge in [-0.3, -0.25) is 15.0 Å². The van der Waals surface area contributed by atoms with Crippen molar-refractivity contribution >= 4 is 45.2 Å². The molecule has 0 aliphatic carbocycles. The molecule has 208 valence electrons. The lowest BCUT2D eigenvalue weighted by Crippen LogP contribution is -2.34. The van der Waals surface area contributed by atoms with E-state index in [1.807, 2.05) is 12.1 Å². The van der Waals surface area contributed by atoms with Crippen molar-refractivity contribution in [2.45, 2.75) is 38.9 Å². The van der Waals surface area contributed by atoms with E-state index in [1.54, 1.807) is 36.4 Å². The summed E-state index contributed by atoms with van der Waals surface area (Å²) in [6.45, 7) is 6.27. The maximum Gasteiger partial charge on any atom is 0.416 e. The predicted octanol–water partition coefficient (Wildman–Crippen LogP) is 6.77. The van der Waals surface area contributed by atoms with Gasteiger partial charge in [0.1, 0.15) is 0 Å². The molecule has 0 aliphatic rings. The summed E-state index contributed by atoms with van der Waals surface area (Å²) >= 11 is 3.08. The van der Waals surface area contributed by atoms with Crippen molar-refractivity contribution < 1.29 is 22.8 Å². The molecule has 3 amide bonds. The van der Waals surface area contributed by atoms with E-state index >= 15 is 0 Å². The second kappa shape index (κ2) is 11.5. The van der Waals surface area contributed by atoms with Crippen LogP contribution in [0.5, 0.6) is 0 Å². The largest absolute Gasteiger partial charge is 0.416 e. The number of nitrogens with zero attached hydrogens (tertiary/aromatic N) is 4. The van der Waals surface area contributed by atoms with Gasteiger partial charge in [0.05, 0.1) is 12.1 Å². The molecule has 40 heavy (non-hydrogen) atoms. The summed E-state index contributed by atoms with van der Waals surface area (Å²) in [5.41, 5.74) is 1.56. The number of aromatic amines is 1. The molecule has 3 N–H and O–H groups in total. The number of anilines is 3. The normalized spacial score (nSPS) is 11.7. The van der Waals surface area contributed by atoms with Gasteiger partial charge < -0.3 is 5.32 Å². The number of benzene rings is 3. The Morgan fingerprint density at radius 3 is 2.17 bits per heavy atom. The lowest BCUT2D eigenvalue weighted by molar-refractivity contribution is -0.137. The first-order valence-corrected chi connectivity index (χ1v) is 12.8. The molecule has 1 heterocycles. The van der Waals surface area contributed by atoms with Crippen molar-refractivity contribution in [1.29, 1.82) is 0 Å². The Bertz CT molecular complexity index is 1480. The Labute approximate surface area is 236 Å². The van der Waals surface area contributed by atoms with E-state index < -0.39 is 23.7 Å². The maximum absolute atomic E-state index is 13.5. The third-order valence-electron chi connectivity index (χ3n) is 5.89. The van der Waals surface area contributed by atoms with Crippen molar-refractivity contribution in [2.24, 2.45) is 0 Å². The number of hydrogen-bond donors (Lipinski definition) is 3. The molecule has 0 bridgehead atoms. The molecule has 13 heteroatoms. The Kier molecular flexibility index (Phi) is 8.24. The van der Waals surface area contributed by atoms with Crippen LogP contribution in [-0.4, -0.2) is 32.6 Å². The zero-order chi connectivity index (χ0) is 29.1. The van der Waals surface area contributed by atoms with Crippen LogP contribution in [0.2, 0.25) is 0 Å². The van der Waals surface area contributed by atoms with Gasteiger partial charge in [0, 0.05) is 21.4 Å². The number of amides is 3. The molecule has 0 saturated heterocycles. The summed E-state index contributed by atoms with van der Waals surface area (Å²) in [4.78, 5) is 27.3. The standard InChI is InChI=1S/C27H25BrF3N7O2/c1-26(2,3)18-8-10-22(11-9-18)38(25(40)32-21-13-19(27(29,30)31)12-20(28)14-21)15-16-4-6-17(7-5-16)23(39)33-24-34-36-37-35-24/h4-14H,15H2,1-3H3,(H,32,40)(H2,33,34,35,36,37,39). The molecule has 0 fully saturated rings. The fraction of sp³-hybridized carbons (Fsp3) is 0.222. The predicted molar refractivity (Wildman–Crippen MR) is 148 cm³/mol. The number of carbonyl (C=O) groups excluding carboxylic acids is 2. The van der Waals surface area contributed by atoms with Crippen molar-refractivity contribution in [2.75, 3.05) is 15.5 Å². The number of tetrazole rings is 1. The van der Waals surface area contributed by atoms with E-state index in [2.05, 4.69) is 68.0 Å². The minimum absolute atomic E-state index is 0.0171. The van der Waals surface area contributed by atoms with Crippen LogP contribution in [0, 0.1) is 0 Å². The van der Waals surface area contributed by atoms with Crippen molar-refractivity contribution in [3.05, 3.63) is 93.5 Å². The molecule has 4 aromatic rings. The topological polar surface area (TPSA) is 116 Å². The van der Waals surface area contributed by atoms with Gasteiger partial charge in [0.15, 0.2) is 0 Å². The highest BCUT2D eigenvalue weighted by molar-refractivity contribution is 9.10. The maximum atomic E-state index is 13.5. The molecule has 0 aliphatic heterocycles. The molecule has 0 atom stereocenters. The van der Waals surface area contributed by atoms with E-state index in [9.17, 15) is 22.8 Å². The zero-order valence-electron chi connectivity index (χ0n) is 21.7. The van der Waals surface area contributed by atoms with Gasteiger partial charge in [-0.1, -0.05) is 66.1 Å². The number of halogens is 4. The third kappa shape index (κ3) is 7.23. The Balaban J connectivity index is 1.60. The van der Waals surface area contributed by atoms with Gasteiger partial charge >= 0.3 is 12.2 Å². The average molecular weight is 616 g/mol. The SMILES string of the molecule is CC(C)(C)c1ccc(N(Cc2ccc(C(=O)Nc3nn[nH]n3)cc2)C(=O)Nc2cc(Br)cc(C(F)(F)F)c2)cc1. The molecule has 4 rings (SSSR count). The first-order chi connectivity index (χ1) is 18.8. The van der Waals surface area contributed by atoms with Crippen molar-refractivity contribution in [3.8, 4) is 0 Å². The Morgan fingerprint density at radius 1 is 0.925 bits per heavy atom. The molecule has 1 aromatic heterocycles. The molecule has 0 spiro atoms. The fourth-order valence-corrected chi connectivity index (χ4v) is 4.26. The number of nitrogens with one attached hydrogen (secondary N) is 3. The van der Waals surface area contributed by atoms with Gasteiger partial charge in [0.25, 0.3) is 11.9 Å². The van der Waals surface area contributed by atoms with E-state index in [0.29, 0.717) is 16.8 Å². The third-order valence-corrected chi connectivity index (χ3v) is 6.35. The van der Waals surface area contributed by atoms with Gasteiger partial charge in [-0.05, 0) is 64.2 Å². The van der Waals surface area contributed by atoms with E-state index in [-0.39, 0.29) is 28.1 Å². The molecule has 9 nitrogen and oxygen atoms in total. The van der Waals surface area contributed by atoms with E-state index in [4.69, 9.17) is 0 Å². The summed E-state index contributed by atoms with van der Waals surface area (Å²) in [6, 6.07) is 16.5. The lowest BCUT2D eigenvalue weighted by Gasteiger charge is -2.25. The van der Waals surface area contributed by atoms with Crippen LogP contribution in [0.15, 0.2) is 71.2 Å². The smallest absolute Gasteiger partial charge is 0.307 e. The molecule has 0 radical (unpaired) electrons. The monoisotopic (exact) mass is 615 g/mol. The first kappa shape index (κ1) is 28.7. The summed E-state index contributed by atoms with van der Waals surface area (Å²) in [5.74, 6) is -0.424. The van der Waals surface area contributed by atoms with Gasteiger partial charge in [-0.25, -0.2) is 4.79 Å². The highest BCUT2D eigenvalue weighted by atomic mass is 79.9. The number of carbonyl (C=O) groups is 2. The number of urea groups is 1. The second-order valence-electron chi connectivity index (χ2n) is 9.93.